The Morgan fingerprint density at radius 3 is 2.41 bits per heavy atom. The van der Waals surface area contributed by atoms with Crippen molar-refractivity contribution in [1.82, 2.24) is 0 Å². The van der Waals surface area contributed by atoms with Gasteiger partial charge in [-0.3, -0.25) is 14.9 Å². The van der Waals surface area contributed by atoms with Crippen LogP contribution in [-0.4, -0.2) is 17.2 Å². The van der Waals surface area contributed by atoms with Crippen molar-refractivity contribution in [3.05, 3.63) is 33.9 Å². The normalized spacial score (nSPS) is 11.0. The van der Waals surface area contributed by atoms with Gasteiger partial charge in [-0.1, -0.05) is 0 Å². The van der Waals surface area contributed by atoms with Crippen molar-refractivity contribution in [3.63, 3.8) is 0 Å². The molecule has 1 aromatic rings. The summed E-state index contributed by atoms with van der Waals surface area (Å²) in [5, 5.41) is 10.4. The van der Waals surface area contributed by atoms with Gasteiger partial charge in [-0.15, -0.1) is 13.2 Å². The lowest BCUT2D eigenvalue weighted by molar-refractivity contribution is -0.385. The minimum Gasteiger partial charge on any atom is -0.405 e. The first-order valence-electron chi connectivity index (χ1n) is 4.04. The molecule has 17 heavy (non-hydrogen) atoms. The van der Waals surface area contributed by atoms with Gasteiger partial charge in [0.05, 0.1) is 10.5 Å². The topological polar surface area (TPSA) is 95.5 Å². The highest BCUT2D eigenvalue weighted by molar-refractivity contribution is 5.96. The first kappa shape index (κ1) is 12.7. The molecule has 0 unspecified atom stereocenters. The van der Waals surface area contributed by atoms with E-state index in [-0.39, 0.29) is 0 Å². The number of nitro benzene ring substituents is 1. The summed E-state index contributed by atoms with van der Waals surface area (Å²) in [6.45, 7) is 0. The van der Waals surface area contributed by atoms with Crippen molar-refractivity contribution in [1.29, 1.82) is 0 Å². The lowest BCUT2D eigenvalue weighted by atomic mass is 10.1. The Morgan fingerprint density at radius 2 is 2.00 bits per heavy atom. The van der Waals surface area contributed by atoms with Crippen LogP contribution in [0.1, 0.15) is 10.4 Å². The number of halogens is 3. The number of amides is 1. The highest BCUT2D eigenvalue weighted by Crippen LogP contribution is 2.29. The molecule has 0 aliphatic heterocycles. The Kier molecular flexibility index (Phi) is 3.21. The maximum Gasteiger partial charge on any atom is 0.573 e. The molecule has 0 spiro atoms. The van der Waals surface area contributed by atoms with E-state index in [1.54, 1.807) is 0 Å². The molecule has 0 aliphatic carbocycles. The molecule has 0 atom stereocenters. The predicted octanol–water partition coefficient (Wildman–Crippen LogP) is 1.59. The third kappa shape index (κ3) is 3.33. The van der Waals surface area contributed by atoms with Crippen molar-refractivity contribution in [2.75, 3.05) is 0 Å². The van der Waals surface area contributed by atoms with E-state index in [2.05, 4.69) is 4.74 Å². The van der Waals surface area contributed by atoms with Crippen LogP contribution >= 0.6 is 0 Å². The molecule has 0 fully saturated rings. The molecule has 1 aromatic carbocycles. The zero-order chi connectivity index (χ0) is 13.2. The number of benzene rings is 1. The van der Waals surface area contributed by atoms with Gasteiger partial charge in [-0.05, 0) is 6.07 Å². The molecule has 0 aromatic heterocycles. The summed E-state index contributed by atoms with van der Waals surface area (Å²) in [5.74, 6) is -2.14. The number of carbonyl (C=O) groups excluding carboxylic acids is 1. The molecular weight excluding hydrogens is 245 g/mol. The summed E-state index contributed by atoms with van der Waals surface area (Å²) >= 11 is 0. The Labute approximate surface area is 91.9 Å². The third-order valence-corrected chi connectivity index (χ3v) is 1.67. The van der Waals surface area contributed by atoms with E-state index in [0.29, 0.717) is 12.1 Å². The Balaban J connectivity index is 3.23. The molecule has 9 heteroatoms. The van der Waals surface area contributed by atoms with Gasteiger partial charge in [0.1, 0.15) is 5.75 Å². The quantitative estimate of drug-likeness (QED) is 0.650. The molecular formula is C8H5F3N2O4. The number of alkyl halides is 3. The molecule has 2 N–H and O–H groups in total. The van der Waals surface area contributed by atoms with Crippen LogP contribution in [0.15, 0.2) is 18.2 Å². The van der Waals surface area contributed by atoms with Crippen molar-refractivity contribution in [2.45, 2.75) is 6.36 Å². The fraction of sp³-hybridized carbons (Fsp3) is 0.125. The number of ether oxygens (including phenoxy) is 1. The van der Waals surface area contributed by atoms with E-state index >= 15 is 0 Å². The molecule has 0 saturated heterocycles. The maximum absolute atomic E-state index is 11.9. The second kappa shape index (κ2) is 4.28. The van der Waals surface area contributed by atoms with Gasteiger partial charge >= 0.3 is 6.36 Å². The summed E-state index contributed by atoms with van der Waals surface area (Å²) < 4.78 is 39.3. The number of nitrogens with zero attached hydrogens (tertiary/aromatic N) is 1. The molecule has 1 rings (SSSR count). The number of primary amides is 1. The van der Waals surface area contributed by atoms with Crippen LogP contribution in [0.25, 0.3) is 0 Å². The van der Waals surface area contributed by atoms with Crippen LogP contribution in [0.5, 0.6) is 5.75 Å². The second-order valence-corrected chi connectivity index (χ2v) is 2.85. The summed E-state index contributed by atoms with van der Waals surface area (Å²) in [6, 6.07) is 2.04. The summed E-state index contributed by atoms with van der Waals surface area (Å²) in [5.41, 5.74) is 3.52. The van der Waals surface area contributed by atoms with E-state index in [9.17, 15) is 28.1 Å². The van der Waals surface area contributed by atoms with Crippen LogP contribution in [0.4, 0.5) is 18.9 Å². The molecule has 0 saturated carbocycles. The largest absolute Gasteiger partial charge is 0.573 e. The van der Waals surface area contributed by atoms with Gasteiger partial charge in [-0.25, -0.2) is 0 Å². The van der Waals surface area contributed by atoms with Gasteiger partial charge in [-0.2, -0.15) is 0 Å². The van der Waals surface area contributed by atoms with E-state index in [4.69, 9.17) is 5.73 Å². The highest BCUT2D eigenvalue weighted by Gasteiger charge is 2.33. The van der Waals surface area contributed by atoms with E-state index in [0.717, 1.165) is 6.07 Å². The number of carbonyl (C=O) groups is 1. The van der Waals surface area contributed by atoms with Gasteiger partial charge < -0.3 is 10.5 Å². The lowest BCUT2D eigenvalue weighted by Gasteiger charge is -2.11. The van der Waals surface area contributed by atoms with Gasteiger partial charge in [0, 0.05) is 12.1 Å². The predicted molar refractivity (Wildman–Crippen MR) is 48.3 cm³/mol. The minimum absolute atomic E-state index is 0.562. The first-order valence-corrected chi connectivity index (χ1v) is 4.04. The molecule has 0 heterocycles. The molecule has 0 bridgehead atoms. The van der Waals surface area contributed by atoms with E-state index in [1.165, 1.54) is 0 Å². The average Bonchev–Trinajstić information content (AvgIpc) is 2.14. The smallest absolute Gasteiger partial charge is 0.405 e. The number of hydrogen-bond donors (Lipinski definition) is 1. The number of nitro groups is 1. The van der Waals surface area contributed by atoms with Crippen LogP contribution < -0.4 is 10.5 Å². The van der Waals surface area contributed by atoms with Crippen molar-refractivity contribution in [3.8, 4) is 5.75 Å². The van der Waals surface area contributed by atoms with Gasteiger partial charge in [0.2, 0.25) is 0 Å². The van der Waals surface area contributed by atoms with Crippen LogP contribution in [0.3, 0.4) is 0 Å². The molecule has 0 aliphatic rings. The summed E-state index contributed by atoms with van der Waals surface area (Å²) in [7, 11) is 0. The van der Waals surface area contributed by atoms with Gasteiger partial charge in [0.15, 0.2) is 0 Å². The summed E-state index contributed by atoms with van der Waals surface area (Å²) in [6.07, 6.45) is -5.01. The zero-order valence-electron chi connectivity index (χ0n) is 8.02. The van der Waals surface area contributed by atoms with Crippen molar-refractivity contribution < 1.29 is 27.6 Å². The van der Waals surface area contributed by atoms with E-state index in [1.807, 2.05) is 0 Å². The first-order chi connectivity index (χ1) is 7.70. The molecule has 92 valence electrons. The number of hydrogen-bond acceptors (Lipinski definition) is 4. The highest BCUT2D eigenvalue weighted by atomic mass is 19.4. The third-order valence-electron chi connectivity index (χ3n) is 1.67. The fourth-order valence-electron chi connectivity index (χ4n) is 1.04. The Bertz CT molecular complexity index is 472. The van der Waals surface area contributed by atoms with Crippen molar-refractivity contribution >= 4 is 11.6 Å². The lowest BCUT2D eigenvalue weighted by Crippen LogP contribution is -2.21. The number of non-ortho nitro benzene ring substituents is 1. The van der Waals surface area contributed by atoms with Crippen LogP contribution in [-0.2, 0) is 0 Å². The Hall–Kier alpha value is -2.32. The summed E-state index contributed by atoms with van der Waals surface area (Å²) in [4.78, 5) is 20.3. The Morgan fingerprint density at radius 1 is 1.41 bits per heavy atom. The number of nitrogens with two attached hydrogens (primary N) is 1. The van der Waals surface area contributed by atoms with Crippen LogP contribution in [0, 0.1) is 10.1 Å². The second-order valence-electron chi connectivity index (χ2n) is 2.85. The molecule has 6 nitrogen and oxygen atoms in total. The minimum atomic E-state index is -5.01. The monoisotopic (exact) mass is 250 g/mol. The van der Waals surface area contributed by atoms with Crippen molar-refractivity contribution in [2.24, 2.45) is 5.73 Å². The fourth-order valence-corrected chi connectivity index (χ4v) is 1.04. The van der Waals surface area contributed by atoms with Gasteiger partial charge in [0.25, 0.3) is 11.6 Å². The van der Waals surface area contributed by atoms with Crippen LogP contribution in [0.2, 0.25) is 0 Å². The zero-order valence-corrected chi connectivity index (χ0v) is 8.02. The SMILES string of the molecule is NC(=O)c1cc([N+](=O)[O-])ccc1OC(F)(F)F. The number of rotatable bonds is 3. The molecule has 1 amide bonds. The van der Waals surface area contributed by atoms with E-state index < -0.39 is 34.2 Å². The maximum atomic E-state index is 11.9. The standard InChI is InChI=1S/C8H5F3N2O4/c9-8(10,11)17-6-2-1-4(13(15)16)3-5(6)7(12)14/h1-3H,(H2,12,14). The average molecular weight is 250 g/mol. The molecule has 0 radical (unpaired) electrons.